The molecule has 39 heteroatoms. The SMILES string of the molecule is CC[C@H](C)[C@H](NC(=O)CNC(=O)[C@H](C)NC(=O)[C@@H](NC(=O)[C@H](CC(C)C)NC(=O)[C@H](CO)NC(=O)[C@H](Cc1ccccc1)NC(=O)[C@H](CC(C)C)NC(=O)[C@H](CO)NC(=O)[C@H](CO)NC(=O)[C@@H](NC(=O)[C@@H](NC(=O)CNC(=O)[C@@H](N)CC(C)C)[C@@H](C)CC)[C@@H](C)CC)[C@@H](C)CC)C(=O)N[C@H](C(=O)N[C@@H](CC(C)C)C(=O)N[C@@H](CS)C(=O)O)[C@@H](C)CC. The first kappa shape index (κ1) is 109. The number of carbonyl (C=O) groups is 17. The quantitative estimate of drug-likeness (QED) is 0.0314. The van der Waals surface area contributed by atoms with Crippen LogP contribution in [0, 0.1) is 53.3 Å². The van der Waals surface area contributed by atoms with Gasteiger partial charge in [0.05, 0.1) is 39.0 Å². The Bertz CT molecular complexity index is 3560. The summed E-state index contributed by atoms with van der Waals surface area (Å²) in [7, 11) is 0. The molecule has 0 aromatic heterocycles. The molecule has 0 saturated heterocycles. The van der Waals surface area contributed by atoms with Crippen LogP contribution in [-0.4, -0.2) is 250 Å². The first-order valence-electron chi connectivity index (χ1n) is 42.0. The summed E-state index contributed by atoms with van der Waals surface area (Å²) >= 11 is 4.01. The monoisotopic (exact) mass is 1730 g/mol. The van der Waals surface area contributed by atoms with Gasteiger partial charge in [-0.15, -0.1) is 0 Å². The normalized spacial score (nSPS) is 16.4. The van der Waals surface area contributed by atoms with Crippen LogP contribution < -0.4 is 90.8 Å². The zero-order valence-electron chi connectivity index (χ0n) is 73.8. The van der Waals surface area contributed by atoms with Gasteiger partial charge in [0.15, 0.2) is 0 Å². The third-order valence-corrected chi connectivity index (χ3v) is 21.2. The second kappa shape index (κ2) is 56.2. The molecule has 16 amide bonds. The number of thiol groups is 1. The molecule has 0 radical (unpaired) electrons. The molecule has 0 unspecified atom stereocenters. The van der Waals surface area contributed by atoms with Gasteiger partial charge in [-0.2, -0.15) is 12.6 Å². The number of nitrogens with one attached hydrogen (secondary N) is 16. The summed E-state index contributed by atoms with van der Waals surface area (Å²) in [6.45, 7) is 28.3. The van der Waals surface area contributed by atoms with Gasteiger partial charge in [-0.1, -0.05) is 187 Å². The minimum Gasteiger partial charge on any atom is -0.480 e. The molecule has 0 bridgehead atoms. The molecule has 686 valence electrons. The van der Waals surface area contributed by atoms with Crippen LogP contribution >= 0.6 is 12.6 Å². The lowest BCUT2D eigenvalue weighted by Crippen LogP contribution is -2.62. The van der Waals surface area contributed by atoms with Gasteiger partial charge >= 0.3 is 5.97 Å². The lowest BCUT2D eigenvalue weighted by molar-refractivity contribution is -0.142. The maximum absolute atomic E-state index is 14.5. The largest absolute Gasteiger partial charge is 0.480 e. The van der Waals surface area contributed by atoms with Crippen molar-refractivity contribution in [1.82, 2.24) is 85.1 Å². The Morgan fingerprint density at radius 3 is 0.893 bits per heavy atom. The van der Waals surface area contributed by atoms with E-state index in [0.717, 1.165) is 0 Å². The second-order valence-electron chi connectivity index (χ2n) is 33.0. The Morgan fingerprint density at radius 1 is 0.314 bits per heavy atom. The van der Waals surface area contributed by atoms with E-state index in [9.17, 15) is 102 Å². The number of carbonyl (C=O) groups excluding carboxylic acids is 16. The van der Waals surface area contributed by atoms with E-state index in [0.29, 0.717) is 44.1 Å². The van der Waals surface area contributed by atoms with Gasteiger partial charge in [-0.05, 0) is 91.4 Å². The van der Waals surface area contributed by atoms with E-state index in [1.165, 1.54) is 6.92 Å². The van der Waals surface area contributed by atoms with Crippen LogP contribution in [0.25, 0.3) is 0 Å². The molecular formula is C82H141N17O21S. The molecule has 0 aliphatic carbocycles. The van der Waals surface area contributed by atoms with Crippen LogP contribution in [0.3, 0.4) is 0 Å². The standard InChI is InChI=1S/C82H141N17O21S/c1-20-45(14)63(80(117)98-66(48(17)23-4)78(115)90-54(32-43(10)11)71(108)94-60(40-121)82(119)120)95-61(103)35-84-68(105)50(19)86-77(114)65(47(16)22-3)97-73(110)55(33-44(12)13)88-74(111)57(37-100)91-72(109)56(34-51-28-26-25-27-29-51)89-70(107)53(31-42(8)9)87-75(112)58(38-101)92-76(113)59(39-102)93-79(116)67(49(18)24-5)99-81(118)64(46(15)21-2)96-62(104)36-85-69(106)52(83)30-41(6)7/h25-29,41-50,52-60,63-67,100-102,121H,20-24,30-40,83H2,1-19H3,(H,84,105)(H,85,106)(H,86,114)(H,87,112)(H,88,111)(H,89,107)(H,90,115)(H,91,109)(H,92,113)(H,93,116)(H,94,108)(H,95,103)(H,96,104)(H,97,110)(H,98,117)(H,99,118)(H,119,120)/t45-,46-,47-,48-,49-,50-,52-,53-,54-,55-,56-,57-,58-,59-,60-,63-,64-,65-,66-,67-/m0/s1. The van der Waals surface area contributed by atoms with Crippen molar-refractivity contribution in [3.63, 3.8) is 0 Å². The average molecular weight is 1730 g/mol. The third-order valence-electron chi connectivity index (χ3n) is 20.8. The average Bonchev–Trinajstić information content (AvgIpc) is 0.854. The number of aliphatic hydroxyl groups excluding tert-OH is 3. The van der Waals surface area contributed by atoms with Gasteiger partial charge in [-0.25, -0.2) is 4.79 Å². The summed E-state index contributed by atoms with van der Waals surface area (Å²) < 4.78 is 0. The molecule has 0 spiro atoms. The molecule has 0 fully saturated rings. The number of carboxylic acids is 1. The highest BCUT2D eigenvalue weighted by Gasteiger charge is 2.41. The first-order chi connectivity index (χ1) is 56.7. The number of aliphatic carboxylic acids is 1. The molecule has 0 heterocycles. The maximum Gasteiger partial charge on any atom is 0.327 e. The minimum absolute atomic E-state index is 0.0548. The number of nitrogens with two attached hydrogens (primary N) is 1. The summed E-state index contributed by atoms with van der Waals surface area (Å²) in [4.78, 5) is 234. The molecule has 0 aliphatic rings. The van der Waals surface area contributed by atoms with E-state index >= 15 is 0 Å². The smallest absolute Gasteiger partial charge is 0.327 e. The molecule has 38 nitrogen and oxygen atoms in total. The van der Waals surface area contributed by atoms with E-state index < -0.39 is 254 Å². The van der Waals surface area contributed by atoms with Crippen LogP contribution in [0.15, 0.2) is 30.3 Å². The molecule has 0 aliphatic heterocycles. The Balaban J connectivity index is 3.42. The van der Waals surface area contributed by atoms with Crippen LogP contribution in [0.2, 0.25) is 0 Å². The van der Waals surface area contributed by atoms with Crippen molar-refractivity contribution >= 4 is 113 Å². The molecule has 20 atom stereocenters. The minimum atomic E-state index is -1.84. The molecule has 121 heavy (non-hydrogen) atoms. The summed E-state index contributed by atoms with van der Waals surface area (Å²) in [5, 5.41) is 81.8. The molecular weight excluding hydrogens is 1590 g/mol. The van der Waals surface area contributed by atoms with Crippen LogP contribution in [0.1, 0.15) is 195 Å². The van der Waals surface area contributed by atoms with Crippen LogP contribution in [0.4, 0.5) is 0 Å². The van der Waals surface area contributed by atoms with Gasteiger partial charge in [0, 0.05) is 12.2 Å². The van der Waals surface area contributed by atoms with E-state index in [2.05, 4.69) is 97.7 Å². The topological polar surface area (TPSA) is 590 Å². The van der Waals surface area contributed by atoms with Crippen molar-refractivity contribution < 1.29 is 102 Å². The van der Waals surface area contributed by atoms with Gasteiger partial charge in [0.1, 0.15) is 84.6 Å². The van der Waals surface area contributed by atoms with Crippen LogP contribution in [0.5, 0.6) is 0 Å². The number of rotatable bonds is 57. The number of amides is 16. The van der Waals surface area contributed by atoms with Gasteiger partial charge in [0.25, 0.3) is 0 Å². The van der Waals surface area contributed by atoms with Crippen molar-refractivity contribution in [2.24, 2.45) is 59.0 Å². The van der Waals surface area contributed by atoms with E-state index in [-0.39, 0.29) is 55.1 Å². The third kappa shape index (κ3) is 39.0. The summed E-state index contributed by atoms with van der Waals surface area (Å²) in [6, 6.07) is -12.8. The molecule has 0 saturated carbocycles. The van der Waals surface area contributed by atoms with E-state index in [1.54, 1.807) is 141 Å². The number of hydrogen-bond donors (Lipinski definition) is 22. The van der Waals surface area contributed by atoms with Crippen molar-refractivity contribution in [2.45, 2.75) is 286 Å². The fraction of sp³-hybridized carbons (Fsp3) is 0.720. The highest BCUT2D eigenvalue weighted by atomic mass is 32.1. The predicted molar refractivity (Wildman–Crippen MR) is 455 cm³/mol. The van der Waals surface area contributed by atoms with Gasteiger partial charge < -0.3 is 111 Å². The number of hydrogen-bond acceptors (Lipinski definition) is 22. The fourth-order valence-corrected chi connectivity index (χ4v) is 12.6. The highest BCUT2D eigenvalue weighted by molar-refractivity contribution is 7.80. The lowest BCUT2D eigenvalue weighted by atomic mass is 9.94. The fourth-order valence-electron chi connectivity index (χ4n) is 12.4. The molecule has 1 aromatic carbocycles. The summed E-state index contributed by atoms with van der Waals surface area (Å²) in [5.41, 5.74) is 6.45. The molecule has 1 aromatic rings. The van der Waals surface area contributed by atoms with Crippen molar-refractivity contribution in [2.75, 3.05) is 38.7 Å². The first-order valence-corrected chi connectivity index (χ1v) is 42.6. The molecule has 22 N–H and O–H groups in total. The second-order valence-corrected chi connectivity index (χ2v) is 33.4. The van der Waals surface area contributed by atoms with Crippen LogP contribution in [-0.2, 0) is 87.9 Å². The summed E-state index contributed by atoms with van der Waals surface area (Å²) in [5.74, 6) is -19.0. The zero-order valence-corrected chi connectivity index (χ0v) is 74.7. The maximum atomic E-state index is 14.5. The number of benzene rings is 1. The van der Waals surface area contributed by atoms with Gasteiger partial charge in [-0.3, -0.25) is 76.7 Å². The number of aliphatic hydroxyl groups is 3. The van der Waals surface area contributed by atoms with E-state index in [4.69, 9.17) is 5.73 Å². The Kier molecular flexibility index (Phi) is 50.8. The van der Waals surface area contributed by atoms with Crippen molar-refractivity contribution in [1.29, 1.82) is 0 Å². The Labute approximate surface area is 716 Å². The highest BCUT2D eigenvalue weighted by Crippen LogP contribution is 2.19. The van der Waals surface area contributed by atoms with Crippen molar-refractivity contribution in [3.8, 4) is 0 Å². The van der Waals surface area contributed by atoms with Crippen molar-refractivity contribution in [3.05, 3.63) is 35.9 Å². The van der Waals surface area contributed by atoms with E-state index in [1.807, 2.05) is 13.8 Å². The molecule has 1 rings (SSSR count). The lowest BCUT2D eigenvalue weighted by Gasteiger charge is -2.30. The summed E-state index contributed by atoms with van der Waals surface area (Å²) in [6.07, 6.45) is 1.84. The predicted octanol–water partition coefficient (Wildman–Crippen LogP) is -2.00. The van der Waals surface area contributed by atoms with Gasteiger partial charge in [0.2, 0.25) is 94.5 Å². The Morgan fingerprint density at radius 2 is 0.570 bits per heavy atom. The number of carboxylic acid groups (broad SMARTS) is 1. The Hall–Kier alpha value is -9.60. The zero-order chi connectivity index (χ0) is 92.4.